The number of nitrogens with zero attached hydrogens (tertiary/aromatic N) is 1. The monoisotopic (exact) mass is 348 g/mol. The molecule has 2 aromatic rings. The number of hydrogen-bond donors (Lipinski definition) is 1. The Morgan fingerprint density at radius 2 is 1.75 bits per heavy atom. The fraction of sp³-hybridized carbons (Fsp3) is 0.188. The molecule has 8 heteroatoms. The number of carbonyl (C=O) groups is 1. The molecule has 0 atom stereocenters. The number of ether oxygens (including phenoxy) is 2. The van der Waals surface area contributed by atoms with Crippen molar-refractivity contribution in [2.75, 3.05) is 25.8 Å². The lowest BCUT2D eigenvalue weighted by Gasteiger charge is -2.10. The van der Waals surface area contributed by atoms with Gasteiger partial charge in [0.2, 0.25) is 0 Å². The van der Waals surface area contributed by atoms with E-state index >= 15 is 0 Å². The molecule has 0 bridgehead atoms. The summed E-state index contributed by atoms with van der Waals surface area (Å²) in [6, 6.07) is 9.30. The van der Waals surface area contributed by atoms with E-state index in [-0.39, 0.29) is 11.3 Å². The molecule has 0 saturated heterocycles. The van der Waals surface area contributed by atoms with Gasteiger partial charge in [0.15, 0.2) is 0 Å². The quantitative estimate of drug-likeness (QED) is 0.487. The van der Waals surface area contributed by atoms with Crippen LogP contribution in [0.25, 0.3) is 0 Å². The standard InChI is InChI=1S/C16H16N2O5S/c1-22-12-7-11(8-13(9-12)23-2)17-16(19)10-4-5-15(24-3)14(6-10)18(20)21/h4-9H,1-3H3,(H,17,19). The molecule has 0 aliphatic rings. The molecule has 0 fully saturated rings. The number of carbonyl (C=O) groups excluding carboxylic acids is 1. The molecular formula is C16H16N2O5S. The Morgan fingerprint density at radius 1 is 1.12 bits per heavy atom. The molecule has 0 aromatic heterocycles. The first-order valence-electron chi connectivity index (χ1n) is 6.85. The minimum atomic E-state index is -0.503. The first-order chi connectivity index (χ1) is 11.5. The van der Waals surface area contributed by atoms with Gasteiger partial charge in [0.1, 0.15) is 11.5 Å². The van der Waals surface area contributed by atoms with Gasteiger partial charge in [-0.15, -0.1) is 11.8 Å². The highest BCUT2D eigenvalue weighted by Crippen LogP contribution is 2.29. The summed E-state index contributed by atoms with van der Waals surface area (Å²) in [6.45, 7) is 0. The molecule has 1 amide bonds. The van der Waals surface area contributed by atoms with Crippen molar-refractivity contribution < 1.29 is 19.2 Å². The van der Waals surface area contributed by atoms with Gasteiger partial charge in [-0.05, 0) is 18.4 Å². The first-order valence-corrected chi connectivity index (χ1v) is 8.07. The average Bonchev–Trinajstić information content (AvgIpc) is 2.60. The van der Waals surface area contributed by atoms with E-state index < -0.39 is 10.8 Å². The van der Waals surface area contributed by atoms with Crippen molar-refractivity contribution in [3.05, 3.63) is 52.1 Å². The summed E-state index contributed by atoms with van der Waals surface area (Å²) in [7, 11) is 3.01. The molecule has 24 heavy (non-hydrogen) atoms. The largest absolute Gasteiger partial charge is 0.497 e. The van der Waals surface area contributed by atoms with Gasteiger partial charge >= 0.3 is 0 Å². The topological polar surface area (TPSA) is 90.7 Å². The summed E-state index contributed by atoms with van der Waals surface area (Å²) in [5, 5.41) is 13.8. The highest BCUT2D eigenvalue weighted by molar-refractivity contribution is 7.98. The van der Waals surface area contributed by atoms with Gasteiger partial charge in [-0.25, -0.2) is 0 Å². The minimum Gasteiger partial charge on any atom is -0.497 e. The maximum Gasteiger partial charge on any atom is 0.283 e. The summed E-state index contributed by atoms with van der Waals surface area (Å²) in [4.78, 5) is 23.5. The number of nitro benzene ring substituents is 1. The zero-order valence-electron chi connectivity index (χ0n) is 13.4. The minimum absolute atomic E-state index is 0.0987. The second-order valence-corrected chi connectivity index (χ2v) is 5.55. The molecule has 0 radical (unpaired) electrons. The van der Waals surface area contributed by atoms with Gasteiger partial charge in [0.05, 0.1) is 24.0 Å². The summed E-state index contributed by atoms with van der Waals surface area (Å²) < 4.78 is 10.3. The Kier molecular flexibility index (Phi) is 5.64. The van der Waals surface area contributed by atoms with Gasteiger partial charge < -0.3 is 14.8 Å². The zero-order valence-corrected chi connectivity index (χ0v) is 14.2. The molecule has 0 unspecified atom stereocenters. The van der Waals surface area contributed by atoms with Crippen LogP contribution in [0.2, 0.25) is 0 Å². The third-order valence-electron chi connectivity index (χ3n) is 3.25. The predicted molar refractivity (Wildman–Crippen MR) is 92.4 cm³/mol. The molecular weight excluding hydrogens is 332 g/mol. The highest BCUT2D eigenvalue weighted by atomic mass is 32.2. The Bertz CT molecular complexity index is 757. The van der Waals surface area contributed by atoms with Crippen molar-refractivity contribution in [3.8, 4) is 11.5 Å². The normalized spacial score (nSPS) is 10.1. The molecule has 0 heterocycles. The van der Waals surface area contributed by atoms with Crippen molar-refractivity contribution >= 4 is 29.0 Å². The van der Waals surface area contributed by atoms with E-state index in [9.17, 15) is 14.9 Å². The third kappa shape index (κ3) is 3.96. The van der Waals surface area contributed by atoms with Crippen LogP contribution in [0.4, 0.5) is 11.4 Å². The summed E-state index contributed by atoms with van der Waals surface area (Å²) >= 11 is 1.25. The predicted octanol–water partition coefficient (Wildman–Crippen LogP) is 3.59. The van der Waals surface area contributed by atoms with Gasteiger partial charge in [-0.1, -0.05) is 0 Å². The van der Waals surface area contributed by atoms with Gasteiger partial charge in [0.25, 0.3) is 11.6 Å². The molecule has 2 rings (SSSR count). The van der Waals surface area contributed by atoms with Crippen LogP contribution in [-0.2, 0) is 0 Å². The molecule has 126 valence electrons. The number of methoxy groups -OCH3 is 2. The zero-order chi connectivity index (χ0) is 17.7. The number of nitro groups is 1. The van der Waals surface area contributed by atoms with Gasteiger partial charge in [-0.2, -0.15) is 0 Å². The summed E-state index contributed by atoms with van der Waals surface area (Å²) in [5.74, 6) is 0.586. The van der Waals surface area contributed by atoms with Gasteiger partial charge in [-0.3, -0.25) is 14.9 Å². The van der Waals surface area contributed by atoms with Crippen LogP contribution < -0.4 is 14.8 Å². The smallest absolute Gasteiger partial charge is 0.283 e. The molecule has 0 spiro atoms. The lowest BCUT2D eigenvalue weighted by atomic mass is 10.2. The van der Waals surface area contributed by atoms with E-state index in [4.69, 9.17) is 9.47 Å². The number of amides is 1. The lowest BCUT2D eigenvalue weighted by molar-refractivity contribution is -0.387. The lowest BCUT2D eigenvalue weighted by Crippen LogP contribution is -2.12. The maximum absolute atomic E-state index is 12.4. The van der Waals surface area contributed by atoms with E-state index in [2.05, 4.69) is 5.32 Å². The SMILES string of the molecule is COc1cc(NC(=O)c2ccc(SC)c([N+](=O)[O-])c2)cc(OC)c1. The number of nitrogens with one attached hydrogen (secondary N) is 1. The Labute approximate surface area is 143 Å². The van der Waals surface area contributed by atoms with Crippen LogP contribution in [0, 0.1) is 10.1 Å². The van der Waals surface area contributed by atoms with E-state index in [0.717, 1.165) is 0 Å². The molecule has 0 saturated carbocycles. The molecule has 2 aromatic carbocycles. The van der Waals surface area contributed by atoms with E-state index in [1.54, 1.807) is 36.6 Å². The first kappa shape index (κ1) is 17.6. The fourth-order valence-electron chi connectivity index (χ4n) is 2.06. The summed E-state index contributed by atoms with van der Waals surface area (Å²) in [5.41, 5.74) is 0.562. The van der Waals surface area contributed by atoms with Crippen molar-refractivity contribution in [1.29, 1.82) is 0 Å². The van der Waals surface area contributed by atoms with E-state index in [0.29, 0.717) is 22.1 Å². The third-order valence-corrected chi connectivity index (χ3v) is 4.03. The van der Waals surface area contributed by atoms with E-state index in [1.807, 2.05) is 0 Å². The van der Waals surface area contributed by atoms with Crippen LogP contribution in [-0.4, -0.2) is 31.3 Å². The van der Waals surface area contributed by atoms with Crippen LogP contribution >= 0.6 is 11.8 Å². The van der Waals surface area contributed by atoms with Crippen molar-refractivity contribution in [2.45, 2.75) is 4.90 Å². The van der Waals surface area contributed by atoms with Crippen LogP contribution in [0.5, 0.6) is 11.5 Å². The molecule has 0 aliphatic heterocycles. The maximum atomic E-state index is 12.4. The molecule has 0 aliphatic carbocycles. The second-order valence-electron chi connectivity index (χ2n) is 4.70. The fourth-order valence-corrected chi connectivity index (χ4v) is 2.60. The van der Waals surface area contributed by atoms with Crippen LogP contribution in [0.3, 0.4) is 0 Å². The average molecular weight is 348 g/mol. The Morgan fingerprint density at radius 3 is 2.25 bits per heavy atom. The number of anilines is 1. The Hall–Kier alpha value is -2.74. The highest BCUT2D eigenvalue weighted by Gasteiger charge is 2.17. The number of rotatable bonds is 6. The van der Waals surface area contributed by atoms with Crippen molar-refractivity contribution in [3.63, 3.8) is 0 Å². The number of hydrogen-bond acceptors (Lipinski definition) is 6. The molecule has 1 N–H and O–H groups in total. The van der Waals surface area contributed by atoms with Crippen molar-refractivity contribution in [2.24, 2.45) is 0 Å². The number of benzene rings is 2. The number of thioether (sulfide) groups is 1. The van der Waals surface area contributed by atoms with Crippen LogP contribution in [0.15, 0.2) is 41.3 Å². The Balaban J connectivity index is 2.30. The van der Waals surface area contributed by atoms with Gasteiger partial charge in [0, 0.05) is 35.5 Å². The summed E-state index contributed by atoms with van der Waals surface area (Å²) in [6.07, 6.45) is 1.74. The van der Waals surface area contributed by atoms with Crippen molar-refractivity contribution in [1.82, 2.24) is 0 Å². The van der Waals surface area contributed by atoms with Crippen LogP contribution in [0.1, 0.15) is 10.4 Å². The second kappa shape index (κ2) is 7.69. The molecule has 7 nitrogen and oxygen atoms in total. The van der Waals surface area contributed by atoms with E-state index in [1.165, 1.54) is 32.0 Å².